The zero-order chi connectivity index (χ0) is 13.8. The number of hydrogen-bond donors (Lipinski definition) is 1. The van der Waals surface area contributed by atoms with Crippen molar-refractivity contribution in [1.82, 2.24) is 0 Å². The van der Waals surface area contributed by atoms with Crippen LogP contribution in [-0.2, 0) is 0 Å². The highest BCUT2D eigenvalue weighted by Crippen LogP contribution is 2.25. The van der Waals surface area contributed by atoms with Crippen molar-refractivity contribution in [1.29, 1.82) is 0 Å². The summed E-state index contributed by atoms with van der Waals surface area (Å²) in [6, 6.07) is 12.8. The monoisotopic (exact) mass is 255 g/mol. The molecule has 2 aromatic carbocycles. The predicted octanol–water partition coefficient (Wildman–Crippen LogP) is 2.86. The van der Waals surface area contributed by atoms with E-state index in [1.807, 2.05) is 31.2 Å². The number of benzene rings is 2. The number of nitrogens with zero attached hydrogens (tertiary/aromatic N) is 2. The number of nitro benzene ring substituents is 1. The van der Waals surface area contributed by atoms with Crippen molar-refractivity contribution in [3.05, 3.63) is 63.7 Å². The van der Waals surface area contributed by atoms with Gasteiger partial charge >= 0.3 is 0 Å². The van der Waals surface area contributed by atoms with Gasteiger partial charge < -0.3 is 5.84 Å². The van der Waals surface area contributed by atoms with Crippen molar-refractivity contribution in [2.75, 3.05) is 0 Å². The van der Waals surface area contributed by atoms with Gasteiger partial charge in [0, 0.05) is 6.07 Å². The molecule has 0 aliphatic heterocycles. The normalized spacial score (nSPS) is 10.8. The van der Waals surface area contributed by atoms with Crippen LogP contribution in [0.2, 0.25) is 0 Å². The lowest BCUT2D eigenvalue weighted by Crippen LogP contribution is -1.96. The quantitative estimate of drug-likeness (QED) is 0.396. The summed E-state index contributed by atoms with van der Waals surface area (Å²) >= 11 is 0. The molecule has 0 saturated heterocycles. The minimum Gasteiger partial charge on any atom is -0.323 e. The summed E-state index contributed by atoms with van der Waals surface area (Å²) in [5.74, 6) is 5.09. The molecule has 0 bridgehead atoms. The standard InChI is InChI=1S/C14H13N3O2/c1-10-2-4-11(5-3-10)12-6-7-14(17(18)19)13(8-12)9-16-15/h2-9H,15H2,1H3. The topological polar surface area (TPSA) is 81.5 Å². The van der Waals surface area contributed by atoms with Gasteiger partial charge in [-0.15, -0.1) is 0 Å². The van der Waals surface area contributed by atoms with E-state index in [0.29, 0.717) is 5.56 Å². The fourth-order valence-electron chi connectivity index (χ4n) is 1.83. The lowest BCUT2D eigenvalue weighted by atomic mass is 10.0. The average Bonchev–Trinajstić information content (AvgIpc) is 2.39. The van der Waals surface area contributed by atoms with Crippen LogP contribution < -0.4 is 5.84 Å². The van der Waals surface area contributed by atoms with E-state index in [0.717, 1.165) is 16.7 Å². The van der Waals surface area contributed by atoms with Gasteiger partial charge in [-0.25, -0.2) is 0 Å². The molecule has 0 aliphatic carbocycles. The van der Waals surface area contributed by atoms with Gasteiger partial charge in [-0.05, 0) is 30.2 Å². The number of rotatable bonds is 3. The van der Waals surface area contributed by atoms with Crippen molar-refractivity contribution < 1.29 is 4.92 Å². The fraction of sp³-hybridized carbons (Fsp3) is 0.0714. The van der Waals surface area contributed by atoms with Crippen LogP contribution in [0.5, 0.6) is 0 Å². The molecule has 0 amide bonds. The van der Waals surface area contributed by atoms with Crippen molar-refractivity contribution >= 4 is 11.9 Å². The fourth-order valence-corrected chi connectivity index (χ4v) is 1.83. The van der Waals surface area contributed by atoms with E-state index in [2.05, 4.69) is 5.10 Å². The Kier molecular flexibility index (Phi) is 3.56. The van der Waals surface area contributed by atoms with Crippen LogP contribution in [-0.4, -0.2) is 11.1 Å². The number of nitro groups is 1. The van der Waals surface area contributed by atoms with E-state index in [-0.39, 0.29) is 5.69 Å². The van der Waals surface area contributed by atoms with Gasteiger partial charge in [-0.2, -0.15) is 5.10 Å². The Morgan fingerprint density at radius 1 is 1.16 bits per heavy atom. The molecule has 5 heteroatoms. The van der Waals surface area contributed by atoms with Crippen molar-refractivity contribution in [2.45, 2.75) is 6.92 Å². The Hall–Kier alpha value is -2.69. The highest BCUT2D eigenvalue weighted by Gasteiger charge is 2.13. The molecule has 0 aliphatic rings. The molecular formula is C14H13N3O2. The van der Waals surface area contributed by atoms with Gasteiger partial charge in [0.1, 0.15) is 0 Å². The number of nitrogens with two attached hydrogens (primary N) is 1. The number of aryl methyl sites for hydroxylation is 1. The highest BCUT2D eigenvalue weighted by molar-refractivity contribution is 5.87. The SMILES string of the molecule is Cc1ccc(-c2ccc([N+](=O)[O-])c(C=NN)c2)cc1. The van der Waals surface area contributed by atoms with Crippen LogP contribution in [0, 0.1) is 17.0 Å². The molecule has 0 heterocycles. The van der Waals surface area contributed by atoms with E-state index in [9.17, 15) is 10.1 Å². The molecular weight excluding hydrogens is 242 g/mol. The van der Waals surface area contributed by atoms with Gasteiger partial charge in [0.15, 0.2) is 0 Å². The number of hydrogen-bond acceptors (Lipinski definition) is 4. The lowest BCUT2D eigenvalue weighted by molar-refractivity contribution is -0.385. The second kappa shape index (κ2) is 5.30. The zero-order valence-electron chi connectivity index (χ0n) is 10.4. The van der Waals surface area contributed by atoms with Crippen molar-refractivity contribution in [3.63, 3.8) is 0 Å². The van der Waals surface area contributed by atoms with Crippen molar-refractivity contribution in [3.8, 4) is 11.1 Å². The Morgan fingerprint density at radius 2 is 1.79 bits per heavy atom. The molecule has 19 heavy (non-hydrogen) atoms. The van der Waals surface area contributed by atoms with Crippen LogP contribution in [0.25, 0.3) is 11.1 Å². The minimum atomic E-state index is -0.448. The summed E-state index contributed by atoms with van der Waals surface area (Å²) in [6.45, 7) is 2.01. The Labute approximate surface area is 110 Å². The second-order valence-corrected chi connectivity index (χ2v) is 4.17. The first-order chi connectivity index (χ1) is 9.11. The van der Waals surface area contributed by atoms with Crippen LogP contribution in [0.3, 0.4) is 0 Å². The van der Waals surface area contributed by atoms with Gasteiger partial charge in [0.2, 0.25) is 0 Å². The van der Waals surface area contributed by atoms with Crippen LogP contribution in [0.15, 0.2) is 47.6 Å². The molecule has 2 rings (SSSR count). The van der Waals surface area contributed by atoms with E-state index in [1.165, 1.54) is 12.3 Å². The lowest BCUT2D eigenvalue weighted by Gasteiger charge is -2.04. The Bertz CT molecular complexity index is 634. The summed E-state index contributed by atoms with van der Waals surface area (Å²) in [4.78, 5) is 10.4. The first-order valence-corrected chi connectivity index (χ1v) is 5.70. The molecule has 96 valence electrons. The van der Waals surface area contributed by atoms with E-state index in [4.69, 9.17) is 5.84 Å². The first-order valence-electron chi connectivity index (χ1n) is 5.70. The van der Waals surface area contributed by atoms with E-state index in [1.54, 1.807) is 12.1 Å². The summed E-state index contributed by atoms with van der Waals surface area (Å²) < 4.78 is 0. The molecule has 0 saturated carbocycles. The third kappa shape index (κ3) is 2.77. The molecule has 2 aromatic rings. The zero-order valence-corrected chi connectivity index (χ0v) is 10.4. The summed E-state index contributed by atoms with van der Waals surface area (Å²) in [5.41, 5.74) is 3.43. The van der Waals surface area contributed by atoms with Crippen molar-refractivity contribution in [2.24, 2.45) is 10.9 Å². The van der Waals surface area contributed by atoms with E-state index >= 15 is 0 Å². The highest BCUT2D eigenvalue weighted by atomic mass is 16.6. The molecule has 5 nitrogen and oxygen atoms in total. The average molecular weight is 255 g/mol. The summed E-state index contributed by atoms with van der Waals surface area (Å²) in [5, 5.41) is 14.3. The largest absolute Gasteiger partial charge is 0.323 e. The third-order valence-electron chi connectivity index (χ3n) is 2.82. The molecule has 2 N–H and O–H groups in total. The summed E-state index contributed by atoms with van der Waals surface area (Å²) in [7, 11) is 0. The Morgan fingerprint density at radius 3 is 2.37 bits per heavy atom. The third-order valence-corrected chi connectivity index (χ3v) is 2.82. The molecule has 0 spiro atoms. The van der Waals surface area contributed by atoms with Crippen LogP contribution >= 0.6 is 0 Å². The maximum absolute atomic E-state index is 10.9. The van der Waals surface area contributed by atoms with Gasteiger partial charge in [-0.1, -0.05) is 29.8 Å². The maximum Gasteiger partial charge on any atom is 0.278 e. The maximum atomic E-state index is 10.9. The minimum absolute atomic E-state index is 0.00920. The summed E-state index contributed by atoms with van der Waals surface area (Å²) in [6.07, 6.45) is 1.29. The van der Waals surface area contributed by atoms with Gasteiger partial charge in [0.25, 0.3) is 5.69 Å². The first kappa shape index (κ1) is 12.8. The molecule has 0 atom stereocenters. The molecule has 0 radical (unpaired) electrons. The molecule has 0 unspecified atom stereocenters. The Balaban J connectivity index is 2.51. The van der Waals surface area contributed by atoms with Gasteiger partial charge in [-0.3, -0.25) is 10.1 Å². The van der Waals surface area contributed by atoms with Gasteiger partial charge in [0.05, 0.1) is 16.7 Å². The molecule has 0 aromatic heterocycles. The molecule has 0 fully saturated rings. The second-order valence-electron chi connectivity index (χ2n) is 4.17. The van der Waals surface area contributed by atoms with Crippen LogP contribution in [0.4, 0.5) is 5.69 Å². The van der Waals surface area contributed by atoms with Crippen LogP contribution in [0.1, 0.15) is 11.1 Å². The van der Waals surface area contributed by atoms with E-state index < -0.39 is 4.92 Å². The predicted molar refractivity (Wildman–Crippen MR) is 75.1 cm³/mol. The smallest absolute Gasteiger partial charge is 0.278 e. The number of hydrazone groups is 1.